The second-order valence-electron chi connectivity index (χ2n) is 5.35. The predicted octanol–water partition coefficient (Wildman–Crippen LogP) is 3.04. The van der Waals surface area contributed by atoms with Crippen LogP contribution in [0.2, 0.25) is 14.4 Å². The first-order chi connectivity index (χ1) is 11.0. The third kappa shape index (κ3) is 4.26. The van der Waals surface area contributed by atoms with Crippen molar-refractivity contribution in [1.29, 1.82) is 0 Å². The molecular weight excluding hydrogens is 379 g/mol. The molecule has 1 saturated heterocycles. The van der Waals surface area contributed by atoms with Crippen LogP contribution in [0.4, 0.5) is 0 Å². The van der Waals surface area contributed by atoms with Gasteiger partial charge in [-0.15, -0.1) is 11.3 Å². The highest BCUT2D eigenvalue weighted by Crippen LogP contribution is 2.23. The molecule has 0 aliphatic carbocycles. The van der Waals surface area contributed by atoms with Gasteiger partial charge in [0.15, 0.2) is 0 Å². The van der Waals surface area contributed by atoms with Crippen LogP contribution >= 0.6 is 46.1 Å². The van der Waals surface area contributed by atoms with Gasteiger partial charge in [-0.1, -0.05) is 34.8 Å². The van der Waals surface area contributed by atoms with Crippen LogP contribution in [-0.4, -0.2) is 45.8 Å². The van der Waals surface area contributed by atoms with Crippen LogP contribution in [0.25, 0.3) is 0 Å². The molecule has 0 N–H and O–H groups in total. The second-order valence-corrected chi connectivity index (χ2v) is 7.94. The zero-order valence-corrected chi connectivity index (χ0v) is 15.3. The fourth-order valence-corrected chi connectivity index (χ4v) is 3.88. The maximum Gasteiger partial charge on any atom is 0.288 e. The van der Waals surface area contributed by atoms with Gasteiger partial charge in [-0.2, -0.15) is 5.10 Å². The van der Waals surface area contributed by atoms with Crippen molar-refractivity contribution in [2.24, 2.45) is 0 Å². The lowest BCUT2D eigenvalue weighted by Crippen LogP contribution is -2.47. The summed E-state index contributed by atoms with van der Waals surface area (Å²) in [5.74, 6) is 0. The van der Waals surface area contributed by atoms with Crippen LogP contribution in [0.3, 0.4) is 0 Å². The number of rotatable bonds is 4. The summed E-state index contributed by atoms with van der Waals surface area (Å²) in [5, 5.41) is 4.25. The predicted molar refractivity (Wildman–Crippen MR) is 94.7 cm³/mol. The number of thiophene rings is 1. The molecule has 1 aliphatic heterocycles. The van der Waals surface area contributed by atoms with Crippen molar-refractivity contribution >= 4 is 46.1 Å². The van der Waals surface area contributed by atoms with Gasteiger partial charge < -0.3 is 0 Å². The maximum absolute atomic E-state index is 12.0. The molecule has 3 rings (SSSR count). The fraction of sp³-hybridized carbons (Fsp3) is 0.429. The summed E-state index contributed by atoms with van der Waals surface area (Å²) < 4.78 is 2.17. The van der Waals surface area contributed by atoms with E-state index in [2.05, 4.69) is 21.0 Å². The monoisotopic (exact) mass is 392 g/mol. The van der Waals surface area contributed by atoms with E-state index in [9.17, 15) is 4.79 Å². The van der Waals surface area contributed by atoms with Gasteiger partial charge in [0.2, 0.25) is 0 Å². The van der Waals surface area contributed by atoms with E-state index in [4.69, 9.17) is 34.8 Å². The van der Waals surface area contributed by atoms with Crippen molar-refractivity contribution in [2.45, 2.75) is 13.2 Å². The summed E-state index contributed by atoms with van der Waals surface area (Å²) in [5.41, 5.74) is -0.352. The largest absolute Gasteiger partial charge is 0.296 e. The smallest absolute Gasteiger partial charge is 0.288 e. The highest BCUT2D eigenvalue weighted by molar-refractivity contribution is 7.16. The molecule has 0 bridgehead atoms. The summed E-state index contributed by atoms with van der Waals surface area (Å²) in [7, 11) is 0. The molecular formula is C14H15Cl3N4OS. The van der Waals surface area contributed by atoms with Gasteiger partial charge >= 0.3 is 0 Å². The van der Waals surface area contributed by atoms with Crippen molar-refractivity contribution < 1.29 is 0 Å². The summed E-state index contributed by atoms with van der Waals surface area (Å²) in [6.07, 6.45) is 1.40. The summed E-state index contributed by atoms with van der Waals surface area (Å²) in [6, 6.07) is 4.00. The van der Waals surface area contributed by atoms with Crippen LogP contribution in [0.1, 0.15) is 4.88 Å². The van der Waals surface area contributed by atoms with Crippen LogP contribution in [0, 0.1) is 0 Å². The Hall–Kier alpha value is -0.630. The standard InChI is InChI=1S/C14H15Cl3N4OS/c15-11-7-18-21(14(22)13(11)17)9-20-5-3-19(4-6-20)8-10-1-2-12(16)23-10/h1-2,7H,3-6,8-9H2. The van der Waals surface area contributed by atoms with E-state index in [0.29, 0.717) is 6.67 Å². The number of aromatic nitrogens is 2. The Balaban J connectivity index is 1.55. The molecule has 0 radical (unpaired) electrons. The SMILES string of the molecule is O=c1c(Cl)c(Cl)cnn1CN1CCN(Cc2ccc(Cl)s2)CC1. The van der Waals surface area contributed by atoms with Crippen LogP contribution in [0.15, 0.2) is 23.1 Å². The minimum absolute atomic E-state index is 0.0230. The Kier molecular flexibility index (Phi) is 5.61. The van der Waals surface area contributed by atoms with Crippen LogP contribution < -0.4 is 5.56 Å². The molecule has 3 heterocycles. The number of hydrogen-bond donors (Lipinski definition) is 0. The minimum Gasteiger partial charge on any atom is -0.296 e. The molecule has 5 nitrogen and oxygen atoms in total. The van der Waals surface area contributed by atoms with E-state index < -0.39 is 0 Å². The van der Waals surface area contributed by atoms with E-state index in [1.54, 1.807) is 11.3 Å². The molecule has 0 spiro atoms. The third-order valence-electron chi connectivity index (χ3n) is 3.75. The van der Waals surface area contributed by atoms with Gasteiger partial charge in [-0.3, -0.25) is 14.6 Å². The normalized spacial score (nSPS) is 16.8. The van der Waals surface area contributed by atoms with Gasteiger partial charge in [-0.05, 0) is 12.1 Å². The molecule has 2 aromatic rings. The van der Waals surface area contributed by atoms with Gasteiger partial charge in [0.1, 0.15) is 5.02 Å². The number of nitrogens with zero attached hydrogens (tertiary/aromatic N) is 4. The topological polar surface area (TPSA) is 41.4 Å². The van der Waals surface area contributed by atoms with E-state index in [1.807, 2.05) is 6.07 Å². The minimum atomic E-state index is -0.352. The average Bonchev–Trinajstić information content (AvgIpc) is 2.95. The quantitative estimate of drug-likeness (QED) is 0.800. The average molecular weight is 394 g/mol. The lowest BCUT2D eigenvalue weighted by Gasteiger charge is -2.34. The zero-order valence-electron chi connectivity index (χ0n) is 12.2. The molecule has 1 fully saturated rings. The Morgan fingerprint density at radius 3 is 2.43 bits per heavy atom. The van der Waals surface area contributed by atoms with Crippen molar-refractivity contribution in [3.05, 3.63) is 47.9 Å². The van der Waals surface area contributed by atoms with E-state index >= 15 is 0 Å². The second kappa shape index (κ2) is 7.51. The summed E-state index contributed by atoms with van der Waals surface area (Å²) >= 11 is 19.2. The first-order valence-corrected chi connectivity index (χ1v) is 9.08. The highest BCUT2D eigenvalue weighted by atomic mass is 35.5. The fourth-order valence-electron chi connectivity index (χ4n) is 2.48. The molecule has 9 heteroatoms. The molecule has 2 aromatic heterocycles. The van der Waals surface area contributed by atoms with Gasteiger partial charge in [0.25, 0.3) is 5.56 Å². The van der Waals surface area contributed by atoms with Crippen molar-refractivity contribution in [1.82, 2.24) is 19.6 Å². The lowest BCUT2D eigenvalue weighted by atomic mass is 10.3. The molecule has 0 amide bonds. The summed E-state index contributed by atoms with van der Waals surface area (Å²) in [6.45, 7) is 4.95. The number of hydrogen-bond acceptors (Lipinski definition) is 5. The van der Waals surface area contributed by atoms with Gasteiger partial charge in [-0.25, -0.2) is 4.68 Å². The molecule has 0 unspecified atom stereocenters. The van der Waals surface area contributed by atoms with Crippen LogP contribution in [-0.2, 0) is 13.2 Å². The number of piperazine rings is 1. The van der Waals surface area contributed by atoms with Crippen molar-refractivity contribution in [2.75, 3.05) is 26.2 Å². The third-order valence-corrected chi connectivity index (χ3v) is 5.71. The zero-order chi connectivity index (χ0) is 16.4. The maximum atomic E-state index is 12.0. The Morgan fingerprint density at radius 2 is 1.78 bits per heavy atom. The van der Waals surface area contributed by atoms with E-state index in [1.165, 1.54) is 15.8 Å². The van der Waals surface area contributed by atoms with E-state index in [-0.39, 0.29) is 15.6 Å². The molecule has 0 saturated carbocycles. The Morgan fingerprint density at radius 1 is 1.09 bits per heavy atom. The lowest BCUT2D eigenvalue weighted by molar-refractivity contribution is 0.0976. The highest BCUT2D eigenvalue weighted by Gasteiger charge is 2.19. The first kappa shape index (κ1) is 17.2. The molecule has 23 heavy (non-hydrogen) atoms. The summed E-state index contributed by atoms with van der Waals surface area (Å²) in [4.78, 5) is 17.8. The van der Waals surface area contributed by atoms with Crippen LogP contribution in [0.5, 0.6) is 0 Å². The van der Waals surface area contributed by atoms with E-state index in [0.717, 1.165) is 37.1 Å². The van der Waals surface area contributed by atoms with Crippen molar-refractivity contribution in [3.63, 3.8) is 0 Å². The molecule has 0 atom stereocenters. The molecule has 1 aliphatic rings. The van der Waals surface area contributed by atoms with Gasteiger partial charge in [0, 0.05) is 37.6 Å². The molecule has 0 aromatic carbocycles. The Bertz CT molecular complexity index is 740. The molecule has 124 valence electrons. The Labute approximate surface area is 153 Å². The van der Waals surface area contributed by atoms with Gasteiger partial charge in [0.05, 0.1) is 22.2 Å². The van der Waals surface area contributed by atoms with Crippen molar-refractivity contribution in [3.8, 4) is 0 Å². The number of halogens is 3. The first-order valence-electron chi connectivity index (χ1n) is 7.13.